The maximum absolute atomic E-state index is 5.80. The Labute approximate surface area is 92.5 Å². The molecule has 0 aromatic carbocycles. The lowest BCUT2D eigenvalue weighted by Gasteiger charge is -2.06. The molecule has 1 saturated carbocycles. The van der Waals surface area contributed by atoms with Gasteiger partial charge in [0.1, 0.15) is 11.5 Å². The molecule has 16 heavy (non-hydrogen) atoms. The molecule has 82 valence electrons. The molecule has 6 nitrogen and oxygen atoms in total. The minimum atomic E-state index is 0.400. The van der Waals surface area contributed by atoms with E-state index in [1.165, 1.54) is 12.8 Å². The first-order chi connectivity index (χ1) is 7.77. The maximum Gasteiger partial charge on any atom is 0.186 e. The molecule has 0 radical (unpaired) electrons. The second-order valence-corrected chi connectivity index (χ2v) is 3.96. The maximum atomic E-state index is 5.80. The van der Waals surface area contributed by atoms with E-state index in [1.54, 1.807) is 12.4 Å². The van der Waals surface area contributed by atoms with Gasteiger partial charge in [-0.2, -0.15) is 0 Å². The van der Waals surface area contributed by atoms with E-state index in [4.69, 9.17) is 5.73 Å². The predicted molar refractivity (Wildman–Crippen MR) is 58.5 cm³/mol. The molecule has 0 atom stereocenters. The standard InChI is InChI=1S/C10H12N6/c1-6-14-15-10(16(6)7-2-3-7)8-9(11)13-5-4-12-8/h4-5,7H,2-3H2,1H3,(H2,11,13). The van der Waals surface area contributed by atoms with E-state index in [9.17, 15) is 0 Å². The second kappa shape index (κ2) is 3.26. The van der Waals surface area contributed by atoms with Crippen LogP contribution in [0, 0.1) is 6.92 Å². The summed E-state index contributed by atoms with van der Waals surface area (Å²) in [6.45, 7) is 1.95. The van der Waals surface area contributed by atoms with Gasteiger partial charge < -0.3 is 10.3 Å². The third-order valence-corrected chi connectivity index (χ3v) is 2.72. The van der Waals surface area contributed by atoms with E-state index in [-0.39, 0.29) is 0 Å². The summed E-state index contributed by atoms with van der Waals surface area (Å²) in [5, 5.41) is 8.22. The van der Waals surface area contributed by atoms with Crippen molar-refractivity contribution in [3.8, 4) is 11.5 Å². The van der Waals surface area contributed by atoms with E-state index in [0.717, 1.165) is 11.6 Å². The van der Waals surface area contributed by atoms with Crippen LogP contribution in [0.1, 0.15) is 24.7 Å². The van der Waals surface area contributed by atoms with Crippen molar-refractivity contribution in [3.63, 3.8) is 0 Å². The summed E-state index contributed by atoms with van der Waals surface area (Å²) in [6.07, 6.45) is 5.54. The SMILES string of the molecule is Cc1nnc(-c2nccnc2N)n1C1CC1. The first-order valence-corrected chi connectivity index (χ1v) is 5.25. The molecule has 0 saturated heterocycles. The zero-order chi connectivity index (χ0) is 11.1. The van der Waals surface area contributed by atoms with Gasteiger partial charge >= 0.3 is 0 Å². The number of hydrogen-bond acceptors (Lipinski definition) is 5. The fourth-order valence-electron chi connectivity index (χ4n) is 1.82. The van der Waals surface area contributed by atoms with Crippen LogP contribution in [0.5, 0.6) is 0 Å². The Morgan fingerprint density at radius 3 is 2.69 bits per heavy atom. The van der Waals surface area contributed by atoms with Crippen molar-refractivity contribution in [1.82, 2.24) is 24.7 Å². The van der Waals surface area contributed by atoms with Crippen LogP contribution in [0.2, 0.25) is 0 Å². The Morgan fingerprint density at radius 1 is 1.25 bits per heavy atom. The van der Waals surface area contributed by atoms with Gasteiger partial charge in [-0.1, -0.05) is 0 Å². The summed E-state index contributed by atoms with van der Waals surface area (Å²) >= 11 is 0. The fourth-order valence-corrected chi connectivity index (χ4v) is 1.82. The molecule has 0 bridgehead atoms. The topological polar surface area (TPSA) is 82.5 Å². The number of rotatable bonds is 2. The molecular weight excluding hydrogens is 204 g/mol. The summed E-state index contributed by atoms with van der Waals surface area (Å²) in [5.74, 6) is 2.03. The van der Waals surface area contributed by atoms with Crippen LogP contribution in [-0.2, 0) is 0 Å². The largest absolute Gasteiger partial charge is 0.382 e. The van der Waals surface area contributed by atoms with Gasteiger partial charge in [-0.25, -0.2) is 9.97 Å². The zero-order valence-electron chi connectivity index (χ0n) is 8.96. The molecule has 6 heteroatoms. The third kappa shape index (κ3) is 1.34. The summed E-state index contributed by atoms with van der Waals surface area (Å²) in [7, 11) is 0. The molecule has 2 N–H and O–H groups in total. The monoisotopic (exact) mass is 216 g/mol. The van der Waals surface area contributed by atoms with Crippen LogP contribution in [0.3, 0.4) is 0 Å². The molecule has 1 aliphatic carbocycles. The van der Waals surface area contributed by atoms with Crippen LogP contribution >= 0.6 is 0 Å². The number of hydrogen-bond donors (Lipinski definition) is 1. The first kappa shape index (κ1) is 9.26. The van der Waals surface area contributed by atoms with Crippen molar-refractivity contribution in [1.29, 1.82) is 0 Å². The molecule has 2 aromatic rings. The highest BCUT2D eigenvalue weighted by molar-refractivity contribution is 5.63. The second-order valence-electron chi connectivity index (χ2n) is 3.96. The molecule has 0 aliphatic heterocycles. The molecule has 3 rings (SSSR count). The van der Waals surface area contributed by atoms with Crippen LogP contribution < -0.4 is 5.73 Å². The van der Waals surface area contributed by atoms with Crippen LogP contribution in [0.15, 0.2) is 12.4 Å². The highest BCUT2D eigenvalue weighted by atomic mass is 15.3. The Hall–Kier alpha value is -1.98. The van der Waals surface area contributed by atoms with Gasteiger partial charge in [0.25, 0.3) is 0 Å². The average Bonchev–Trinajstić information content (AvgIpc) is 3.04. The lowest BCUT2D eigenvalue weighted by Crippen LogP contribution is -2.04. The normalized spacial score (nSPS) is 15.3. The average molecular weight is 216 g/mol. The Balaban J connectivity index is 2.16. The Morgan fingerprint density at radius 2 is 2.00 bits per heavy atom. The number of aryl methyl sites for hydroxylation is 1. The minimum absolute atomic E-state index is 0.400. The Kier molecular flexibility index (Phi) is 1.89. The highest BCUT2D eigenvalue weighted by Gasteiger charge is 2.29. The lowest BCUT2D eigenvalue weighted by atomic mass is 10.3. The van der Waals surface area contributed by atoms with Gasteiger partial charge in [0, 0.05) is 18.4 Å². The molecule has 1 fully saturated rings. The van der Waals surface area contributed by atoms with Crippen molar-refractivity contribution in [2.24, 2.45) is 0 Å². The molecule has 1 aliphatic rings. The van der Waals surface area contributed by atoms with E-state index in [1.807, 2.05) is 6.92 Å². The van der Waals surface area contributed by atoms with Crippen molar-refractivity contribution < 1.29 is 0 Å². The van der Waals surface area contributed by atoms with Gasteiger partial charge in [0.05, 0.1) is 0 Å². The highest BCUT2D eigenvalue weighted by Crippen LogP contribution is 2.38. The van der Waals surface area contributed by atoms with Gasteiger partial charge in [-0.15, -0.1) is 10.2 Å². The smallest absolute Gasteiger partial charge is 0.186 e. The van der Waals surface area contributed by atoms with Gasteiger partial charge in [-0.05, 0) is 19.8 Å². The van der Waals surface area contributed by atoms with E-state index < -0.39 is 0 Å². The molecular formula is C10H12N6. The zero-order valence-corrected chi connectivity index (χ0v) is 8.96. The number of nitrogens with two attached hydrogens (primary N) is 1. The van der Waals surface area contributed by atoms with Gasteiger partial charge in [0.2, 0.25) is 0 Å². The van der Waals surface area contributed by atoms with Crippen LogP contribution in [0.25, 0.3) is 11.5 Å². The number of nitrogens with zero attached hydrogens (tertiary/aromatic N) is 5. The number of anilines is 1. The number of nitrogen functional groups attached to an aromatic ring is 1. The van der Waals surface area contributed by atoms with Crippen molar-refractivity contribution in [3.05, 3.63) is 18.2 Å². The number of aromatic nitrogens is 5. The molecule has 2 heterocycles. The fraction of sp³-hybridized carbons (Fsp3) is 0.400. The molecule has 0 amide bonds. The van der Waals surface area contributed by atoms with Crippen molar-refractivity contribution in [2.75, 3.05) is 5.73 Å². The molecule has 0 unspecified atom stereocenters. The van der Waals surface area contributed by atoms with E-state index in [2.05, 4.69) is 24.7 Å². The molecule has 0 spiro atoms. The van der Waals surface area contributed by atoms with Gasteiger partial charge in [0.15, 0.2) is 11.6 Å². The van der Waals surface area contributed by atoms with Crippen molar-refractivity contribution in [2.45, 2.75) is 25.8 Å². The van der Waals surface area contributed by atoms with Crippen LogP contribution in [0.4, 0.5) is 5.82 Å². The van der Waals surface area contributed by atoms with Gasteiger partial charge in [-0.3, -0.25) is 0 Å². The summed E-state index contributed by atoms with van der Waals surface area (Å²) in [6, 6.07) is 0.506. The summed E-state index contributed by atoms with van der Waals surface area (Å²) in [5.41, 5.74) is 6.42. The van der Waals surface area contributed by atoms with Crippen LogP contribution in [-0.4, -0.2) is 24.7 Å². The lowest BCUT2D eigenvalue weighted by molar-refractivity contribution is 0.715. The third-order valence-electron chi connectivity index (χ3n) is 2.72. The quantitative estimate of drug-likeness (QED) is 0.808. The summed E-state index contributed by atoms with van der Waals surface area (Å²) < 4.78 is 2.10. The van der Waals surface area contributed by atoms with E-state index in [0.29, 0.717) is 17.6 Å². The summed E-state index contributed by atoms with van der Waals surface area (Å²) in [4.78, 5) is 8.24. The first-order valence-electron chi connectivity index (χ1n) is 5.25. The molecule has 2 aromatic heterocycles. The van der Waals surface area contributed by atoms with Crippen molar-refractivity contribution >= 4 is 5.82 Å². The minimum Gasteiger partial charge on any atom is -0.382 e. The van der Waals surface area contributed by atoms with E-state index >= 15 is 0 Å². The predicted octanol–water partition coefficient (Wildman–Crippen LogP) is 0.961. The Bertz CT molecular complexity index is 528.